The zero-order chi connectivity index (χ0) is 9.80. The van der Waals surface area contributed by atoms with E-state index in [-0.39, 0.29) is 0 Å². The second kappa shape index (κ2) is 4.94. The van der Waals surface area contributed by atoms with E-state index in [1.54, 1.807) is 16.8 Å². The lowest BCUT2D eigenvalue weighted by Crippen LogP contribution is -2.41. The minimum Gasteiger partial charge on any atom is -0.344 e. The Morgan fingerprint density at radius 3 is 2.93 bits per heavy atom. The number of hydrogen-bond acceptors (Lipinski definition) is 4. The van der Waals surface area contributed by atoms with Crippen LogP contribution < -0.4 is 4.90 Å². The first-order chi connectivity index (χ1) is 6.92. The zero-order valence-electron chi connectivity index (χ0n) is 8.03. The van der Waals surface area contributed by atoms with Crippen molar-refractivity contribution in [3.63, 3.8) is 0 Å². The summed E-state index contributed by atoms with van der Waals surface area (Å²) in [5.74, 6) is 0.724. The number of rotatable bonds is 5. The van der Waals surface area contributed by atoms with Crippen LogP contribution in [0.2, 0.25) is 0 Å². The molecule has 78 valence electrons. The molecule has 1 fully saturated rings. The number of hydrogen-bond donors (Lipinski definition) is 0. The fraction of sp³-hybridized carbons (Fsp3) is 0.778. The van der Waals surface area contributed by atoms with Crippen LogP contribution >= 0.6 is 22.9 Å². The predicted molar refractivity (Wildman–Crippen MR) is 60.2 cm³/mol. The maximum atomic E-state index is 5.71. The fourth-order valence-electron chi connectivity index (χ4n) is 1.66. The molecule has 0 N–H and O–H groups in total. The minimum absolute atomic E-state index is 0.686. The van der Waals surface area contributed by atoms with Gasteiger partial charge in [0.05, 0.1) is 0 Å². The summed E-state index contributed by atoms with van der Waals surface area (Å²) in [6.45, 7) is 1.02. The maximum absolute atomic E-state index is 5.71. The Kier molecular flexibility index (Phi) is 3.59. The molecule has 0 amide bonds. The predicted octanol–water partition coefficient (Wildman–Crippen LogP) is 2.53. The summed E-state index contributed by atoms with van der Waals surface area (Å²) in [5, 5.41) is 9.06. The third-order valence-corrected chi connectivity index (χ3v) is 3.64. The molecule has 1 aromatic rings. The molecule has 0 unspecified atom stereocenters. The number of nitrogens with zero attached hydrogens (tertiary/aromatic N) is 3. The fourth-order valence-corrected chi connectivity index (χ4v) is 2.43. The van der Waals surface area contributed by atoms with Crippen LogP contribution in [0.5, 0.6) is 0 Å². The normalized spacial score (nSPS) is 16.6. The van der Waals surface area contributed by atoms with Crippen molar-refractivity contribution in [2.24, 2.45) is 0 Å². The molecule has 0 aromatic carbocycles. The van der Waals surface area contributed by atoms with Gasteiger partial charge in [0.2, 0.25) is 5.13 Å². The number of anilines is 1. The van der Waals surface area contributed by atoms with Crippen molar-refractivity contribution in [2.75, 3.05) is 17.3 Å². The Morgan fingerprint density at radius 1 is 1.57 bits per heavy atom. The van der Waals surface area contributed by atoms with Gasteiger partial charge in [-0.15, -0.1) is 21.8 Å². The summed E-state index contributed by atoms with van der Waals surface area (Å²) in [5.41, 5.74) is 1.79. The zero-order valence-corrected chi connectivity index (χ0v) is 9.60. The van der Waals surface area contributed by atoms with Crippen molar-refractivity contribution in [2.45, 2.75) is 31.7 Å². The number of aromatic nitrogens is 2. The summed E-state index contributed by atoms with van der Waals surface area (Å²) in [6.07, 6.45) is 4.96. The van der Waals surface area contributed by atoms with E-state index in [9.17, 15) is 0 Å². The number of halogens is 1. The smallest absolute Gasteiger partial charge is 0.208 e. The van der Waals surface area contributed by atoms with Gasteiger partial charge in [0, 0.05) is 18.5 Å². The molecule has 0 radical (unpaired) electrons. The lowest BCUT2D eigenvalue weighted by molar-refractivity contribution is 0.385. The van der Waals surface area contributed by atoms with Gasteiger partial charge in [0.15, 0.2) is 0 Å². The molecule has 2 rings (SSSR count). The summed E-state index contributed by atoms with van der Waals surface area (Å²) in [4.78, 5) is 2.36. The van der Waals surface area contributed by atoms with Gasteiger partial charge in [0.25, 0.3) is 0 Å². The van der Waals surface area contributed by atoms with Crippen molar-refractivity contribution in [1.29, 1.82) is 0 Å². The van der Waals surface area contributed by atoms with E-state index in [0.29, 0.717) is 6.04 Å². The third-order valence-electron chi connectivity index (χ3n) is 2.64. The SMILES string of the molecule is ClCCCN(c1nncs1)C1CCC1. The molecular formula is C9H14ClN3S. The first-order valence-corrected chi connectivity index (χ1v) is 6.42. The van der Waals surface area contributed by atoms with Crippen LogP contribution in [0.25, 0.3) is 0 Å². The molecule has 5 heteroatoms. The van der Waals surface area contributed by atoms with Crippen LogP contribution in [0, 0.1) is 0 Å². The largest absolute Gasteiger partial charge is 0.344 e. The Hall–Kier alpha value is -0.350. The molecule has 0 bridgehead atoms. The minimum atomic E-state index is 0.686. The van der Waals surface area contributed by atoms with Crippen LogP contribution in [-0.2, 0) is 0 Å². The third kappa shape index (κ3) is 2.17. The summed E-state index contributed by atoms with van der Waals surface area (Å²) >= 11 is 7.33. The molecule has 1 aliphatic carbocycles. The summed E-state index contributed by atoms with van der Waals surface area (Å²) < 4.78 is 0. The van der Waals surface area contributed by atoms with Crippen LogP contribution in [0.4, 0.5) is 5.13 Å². The lowest BCUT2D eigenvalue weighted by Gasteiger charge is -2.37. The van der Waals surface area contributed by atoms with Crippen molar-refractivity contribution >= 4 is 28.1 Å². The highest BCUT2D eigenvalue weighted by Crippen LogP contribution is 2.30. The standard InChI is InChI=1S/C9H14ClN3S/c10-5-2-6-13(8-3-1-4-8)9-12-11-7-14-9/h7-8H,1-6H2. The highest BCUT2D eigenvalue weighted by molar-refractivity contribution is 7.13. The van der Waals surface area contributed by atoms with Gasteiger partial charge < -0.3 is 4.90 Å². The molecule has 14 heavy (non-hydrogen) atoms. The Bertz CT molecular complexity index is 261. The van der Waals surface area contributed by atoms with Gasteiger partial charge in [-0.2, -0.15) is 0 Å². The average molecular weight is 232 g/mol. The van der Waals surface area contributed by atoms with Crippen molar-refractivity contribution in [3.8, 4) is 0 Å². The second-order valence-corrected chi connectivity index (χ2v) is 4.73. The van der Waals surface area contributed by atoms with Gasteiger partial charge in [-0.3, -0.25) is 0 Å². The Morgan fingerprint density at radius 2 is 2.43 bits per heavy atom. The lowest BCUT2D eigenvalue weighted by atomic mass is 9.92. The topological polar surface area (TPSA) is 29.0 Å². The van der Waals surface area contributed by atoms with Crippen molar-refractivity contribution in [3.05, 3.63) is 5.51 Å². The molecular weight excluding hydrogens is 218 g/mol. The molecule has 1 aliphatic rings. The van der Waals surface area contributed by atoms with Crippen molar-refractivity contribution < 1.29 is 0 Å². The molecule has 3 nitrogen and oxygen atoms in total. The maximum Gasteiger partial charge on any atom is 0.208 e. The Labute approximate surface area is 93.1 Å². The molecule has 1 heterocycles. The van der Waals surface area contributed by atoms with E-state index in [1.807, 2.05) is 0 Å². The van der Waals surface area contributed by atoms with Crippen LogP contribution in [-0.4, -0.2) is 28.7 Å². The highest BCUT2D eigenvalue weighted by Gasteiger charge is 2.26. The van der Waals surface area contributed by atoms with E-state index in [0.717, 1.165) is 24.0 Å². The van der Waals surface area contributed by atoms with Crippen molar-refractivity contribution in [1.82, 2.24) is 10.2 Å². The summed E-state index contributed by atoms with van der Waals surface area (Å²) in [6, 6.07) is 0.686. The molecule has 0 spiro atoms. The summed E-state index contributed by atoms with van der Waals surface area (Å²) in [7, 11) is 0. The second-order valence-electron chi connectivity index (χ2n) is 3.54. The molecule has 1 aromatic heterocycles. The highest BCUT2D eigenvalue weighted by atomic mass is 35.5. The van der Waals surface area contributed by atoms with E-state index in [1.165, 1.54) is 19.3 Å². The van der Waals surface area contributed by atoms with Gasteiger partial charge in [0.1, 0.15) is 5.51 Å². The molecule has 0 atom stereocenters. The number of alkyl halides is 1. The molecule has 0 saturated heterocycles. The average Bonchev–Trinajstić information content (AvgIpc) is 2.61. The quantitative estimate of drug-likeness (QED) is 0.730. The molecule has 1 saturated carbocycles. The van der Waals surface area contributed by atoms with Crippen LogP contribution in [0.15, 0.2) is 5.51 Å². The van der Waals surface area contributed by atoms with E-state index >= 15 is 0 Å². The van der Waals surface area contributed by atoms with Crippen LogP contribution in [0.3, 0.4) is 0 Å². The molecule has 0 aliphatic heterocycles. The van der Waals surface area contributed by atoms with E-state index in [4.69, 9.17) is 11.6 Å². The first kappa shape index (κ1) is 10.2. The van der Waals surface area contributed by atoms with Gasteiger partial charge in [-0.25, -0.2) is 0 Å². The van der Waals surface area contributed by atoms with Gasteiger partial charge in [-0.1, -0.05) is 11.3 Å². The van der Waals surface area contributed by atoms with Crippen LogP contribution in [0.1, 0.15) is 25.7 Å². The monoisotopic (exact) mass is 231 g/mol. The van der Waals surface area contributed by atoms with E-state index < -0.39 is 0 Å². The van der Waals surface area contributed by atoms with E-state index in [2.05, 4.69) is 15.1 Å². The Balaban J connectivity index is 1.98. The first-order valence-electron chi connectivity index (χ1n) is 5.00. The van der Waals surface area contributed by atoms with Gasteiger partial charge in [-0.05, 0) is 25.7 Å². The van der Waals surface area contributed by atoms with Gasteiger partial charge >= 0.3 is 0 Å².